The molecule has 0 bridgehead atoms. The van der Waals surface area contributed by atoms with Crippen molar-refractivity contribution in [3.63, 3.8) is 0 Å². The molecule has 0 aliphatic rings. The van der Waals surface area contributed by atoms with Crippen LogP contribution in [0.4, 0.5) is 0 Å². The minimum absolute atomic E-state index is 0.157. The van der Waals surface area contributed by atoms with Crippen molar-refractivity contribution in [2.45, 2.75) is 19.9 Å². The van der Waals surface area contributed by atoms with Crippen LogP contribution in [0.5, 0.6) is 0 Å². The van der Waals surface area contributed by atoms with Crippen LogP contribution in [0.25, 0.3) is 10.8 Å². The van der Waals surface area contributed by atoms with Crippen molar-refractivity contribution in [1.29, 1.82) is 0 Å². The average molecular weight is 410 g/mol. The lowest BCUT2D eigenvalue weighted by Crippen LogP contribution is -2.29. The molecule has 1 aromatic heterocycles. The van der Waals surface area contributed by atoms with Crippen molar-refractivity contribution in [1.82, 2.24) is 15.2 Å². The number of hydrazone groups is 1. The highest BCUT2D eigenvalue weighted by Gasteiger charge is 2.16. The van der Waals surface area contributed by atoms with Crippen LogP contribution >= 0.6 is 0 Å². The normalized spacial score (nSPS) is 11.1. The van der Waals surface area contributed by atoms with Crippen LogP contribution in [0.15, 0.2) is 88.8 Å². The molecule has 0 atom stereocenters. The summed E-state index contributed by atoms with van der Waals surface area (Å²) in [5.41, 5.74) is 5.48. The molecule has 1 heterocycles. The van der Waals surface area contributed by atoms with E-state index in [0.29, 0.717) is 10.8 Å². The van der Waals surface area contributed by atoms with Gasteiger partial charge >= 0.3 is 0 Å². The molecule has 0 fully saturated rings. The topological polar surface area (TPSA) is 76.3 Å². The van der Waals surface area contributed by atoms with E-state index < -0.39 is 5.91 Å². The lowest BCUT2D eigenvalue weighted by Gasteiger charge is -2.10. The number of carbonyl (C=O) groups is 1. The molecular weight excluding hydrogens is 388 g/mol. The van der Waals surface area contributed by atoms with Gasteiger partial charge in [0.2, 0.25) is 0 Å². The highest BCUT2D eigenvalue weighted by molar-refractivity contribution is 6.04. The largest absolute Gasteiger partial charge is 0.292 e. The minimum atomic E-state index is -0.473. The van der Waals surface area contributed by atoms with Gasteiger partial charge in [0, 0.05) is 5.39 Å². The average Bonchev–Trinajstić information content (AvgIpc) is 2.82. The predicted molar refractivity (Wildman–Crippen MR) is 122 cm³/mol. The zero-order valence-corrected chi connectivity index (χ0v) is 17.2. The Morgan fingerprint density at radius 3 is 2.32 bits per heavy atom. The number of aryl methyl sites for hydroxylation is 1. The first-order valence-corrected chi connectivity index (χ1v) is 10.1. The molecule has 6 nitrogen and oxygen atoms in total. The summed E-state index contributed by atoms with van der Waals surface area (Å²) in [5, 5.41) is 9.37. The van der Waals surface area contributed by atoms with Crippen LogP contribution in [0, 0.1) is 0 Å². The third-order valence-electron chi connectivity index (χ3n) is 5.03. The van der Waals surface area contributed by atoms with Crippen molar-refractivity contribution < 1.29 is 4.79 Å². The van der Waals surface area contributed by atoms with Gasteiger partial charge < -0.3 is 0 Å². The van der Waals surface area contributed by atoms with E-state index in [1.807, 2.05) is 54.6 Å². The van der Waals surface area contributed by atoms with E-state index in [0.717, 1.165) is 17.5 Å². The van der Waals surface area contributed by atoms with Crippen LogP contribution in [0.3, 0.4) is 0 Å². The van der Waals surface area contributed by atoms with Gasteiger partial charge in [-0.2, -0.15) is 10.2 Å². The quantitative estimate of drug-likeness (QED) is 0.388. The number of rotatable bonds is 6. The lowest BCUT2D eigenvalue weighted by atomic mass is 10.1. The fourth-order valence-corrected chi connectivity index (χ4v) is 3.32. The molecule has 1 N–H and O–H groups in total. The summed E-state index contributed by atoms with van der Waals surface area (Å²) in [7, 11) is 0. The van der Waals surface area contributed by atoms with E-state index in [4.69, 9.17) is 0 Å². The molecule has 0 spiro atoms. The van der Waals surface area contributed by atoms with Gasteiger partial charge in [-0.25, -0.2) is 10.1 Å². The summed E-state index contributed by atoms with van der Waals surface area (Å²) in [4.78, 5) is 25.8. The highest BCUT2D eigenvalue weighted by Crippen LogP contribution is 2.14. The molecule has 3 aromatic carbocycles. The number of fused-ring (bicyclic) bond motifs is 1. The van der Waals surface area contributed by atoms with Crippen LogP contribution in [-0.2, 0) is 13.0 Å². The van der Waals surface area contributed by atoms with E-state index in [-0.39, 0.29) is 17.8 Å². The number of amides is 1. The number of hydrogen-bond donors (Lipinski definition) is 1. The van der Waals surface area contributed by atoms with Crippen LogP contribution in [0.1, 0.15) is 34.1 Å². The second kappa shape index (κ2) is 9.17. The van der Waals surface area contributed by atoms with Gasteiger partial charge in [-0.3, -0.25) is 9.59 Å². The molecule has 0 aliphatic carbocycles. The molecule has 6 heteroatoms. The van der Waals surface area contributed by atoms with E-state index >= 15 is 0 Å². The molecule has 4 aromatic rings. The maximum absolute atomic E-state index is 12.9. The number of hydrogen-bond acceptors (Lipinski definition) is 4. The number of nitrogens with zero attached hydrogens (tertiary/aromatic N) is 3. The van der Waals surface area contributed by atoms with Crippen LogP contribution in [0.2, 0.25) is 0 Å². The SMILES string of the molecule is CCc1ccc(/C=N\NC(=O)c2nn(Cc3ccccc3)c(=O)c3ccccc23)cc1. The summed E-state index contributed by atoms with van der Waals surface area (Å²) in [6, 6.07) is 24.5. The Balaban J connectivity index is 1.63. The molecule has 1 amide bonds. The number of carbonyl (C=O) groups excluding carboxylic acids is 1. The summed E-state index contributed by atoms with van der Waals surface area (Å²) in [5.74, 6) is -0.473. The van der Waals surface area contributed by atoms with Gasteiger partial charge in [-0.1, -0.05) is 79.7 Å². The third-order valence-corrected chi connectivity index (χ3v) is 5.03. The summed E-state index contributed by atoms with van der Waals surface area (Å²) in [6.07, 6.45) is 2.55. The monoisotopic (exact) mass is 410 g/mol. The molecule has 0 saturated carbocycles. The first-order chi connectivity index (χ1) is 15.2. The fraction of sp³-hybridized carbons (Fsp3) is 0.120. The maximum atomic E-state index is 12.9. The van der Waals surface area contributed by atoms with Gasteiger partial charge in [-0.15, -0.1) is 0 Å². The molecule has 31 heavy (non-hydrogen) atoms. The zero-order chi connectivity index (χ0) is 21.6. The second-order valence-corrected chi connectivity index (χ2v) is 7.14. The Bertz CT molecular complexity index is 1290. The first kappa shape index (κ1) is 20.2. The predicted octanol–water partition coefficient (Wildman–Crippen LogP) is 3.77. The Labute approximate surface area is 179 Å². The minimum Gasteiger partial charge on any atom is -0.267 e. The smallest absolute Gasteiger partial charge is 0.267 e. The zero-order valence-electron chi connectivity index (χ0n) is 17.2. The van der Waals surface area contributed by atoms with Gasteiger partial charge in [-0.05, 0) is 29.2 Å². The molecule has 0 unspecified atom stereocenters. The van der Waals surface area contributed by atoms with Gasteiger partial charge in [0.25, 0.3) is 11.5 Å². The van der Waals surface area contributed by atoms with E-state index in [2.05, 4.69) is 22.5 Å². The van der Waals surface area contributed by atoms with Gasteiger partial charge in [0.1, 0.15) is 0 Å². The van der Waals surface area contributed by atoms with Crippen LogP contribution < -0.4 is 11.0 Å². The Morgan fingerprint density at radius 1 is 0.935 bits per heavy atom. The van der Waals surface area contributed by atoms with Crippen molar-refractivity contribution in [3.05, 3.63) is 112 Å². The molecule has 4 rings (SSSR count). The van der Waals surface area contributed by atoms with E-state index in [1.54, 1.807) is 30.5 Å². The molecule has 0 radical (unpaired) electrons. The lowest BCUT2D eigenvalue weighted by molar-refractivity contribution is 0.0949. The first-order valence-electron chi connectivity index (χ1n) is 10.1. The number of benzene rings is 3. The molecular formula is C25H22N4O2. The maximum Gasteiger partial charge on any atom is 0.292 e. The van der Waals surface area contributed by atoms with Crippen molar-refractivity contribution >= 4 is 22.9 Å². The molecule has 154 valence electrons. The van der Waals surface area contributed by atoms with Crippen molar-refractivity contribution in [2.75, 3.05) is 0 Å². The fourth-order valence-electron chi connectivity index (χ4n) is 3.32. The Hall–Kier alpha value is -4.06. The second-order valence-electron chi connectivity index (χ2n) is 7.14. The van der Waals surface area contributed by atoms with Crippen LogP contribution in [-0.4, -0.2) is 21.9 Å². The van der Waals surface area contributed by atoms with E-state index in [9.17, 15) is 9.59 Å². The number of aromatic nitrogens is 2. The summed E-state index contributed by atoms with van der Waals surface area (Å²) >= 11 is 0. The van der Waals surface area contributed by atoms with E-state index in [1.165, 1.54) is 10.2 Å². The van der Waals surface area contributed by atoms with Gasteiger partial charge in [0.15, 0.2) is 5.69 Å². The highest BCUT2D eigenvalue weighted by atomic mass is 16.2. The Kier molecular flexibility index (Phi) is 5.98. The summed E-state index contributed by atoms with van der Waals surface area (Å²) < 4.78 is 1.32. The van der Waals surface area contributed by atoms with Crippen molar-refractivity contribution in [2.24, 2.45) is 5.10 Å². The third kappa shape index (κ3) is 4.59. The van der Waals surface area contributed by atoms with Gasteiger partial charge in [0.05, 0.1) is 18.1 Å². The molecule has 0 saturated heterocycles. The Morgan fingerprint density at radius 2 is 1.61 bits per heavy atom. The van der Waals surface area contributed by atoms with Crippen molar-refractivity contribution in [3.8, 4) is 0 Å². The standard InChI is InChI=1S/C25H22N4O2/c1-2-18-12-14-19(15-13-18)16-26-27-24(30)23-21-10-6-7-11-22(21)25(31)29(28-23)17-20-8-4-3-5-9-20/h3-16H,2,17H2,1H3,(H,27,30)/b26-16-. The number of nitrogens with one attached hydrogen (secondary N) is 1. The molecule has 0 aliphatic heterocycles. The summed E-state index contributed by atoms with van der Waals surface area (Å²) in [6.45, 7) is 2.37.